The van der Waals surface area contributed by atoms with Crippen molar-refractivity contribution in [2.24, 2.45) is 5.92 Å². The van der Waals surface area contributed by atoms with Gasteiger partial charge in [-0.1, -0.05) is 60.7 Å². The number of amides is 1. The summed E-state index contributed by atoms with van der Waals surface area (Å²) in [6, 6.07) is 24.4. The normalized spacial score (nSPS) is 15.7. The van der Waals surface area contributed by atoms with Crippen LogP contribution in [0.15, 0.2) is 85.5 Å². The van der Waals surface area contributed by atoms with Crippen LogP contribution in [0.1, 0.15) is 24.0 Å². The van der Waals surface area contributed by atoms with E-state index in [4.69, 9.17) is 0 Å². The first-order chi connectivity index (χ1) is 17.3. The molecule has 4 aromatic rings. The van der Waals surface area contributed by atoms with E-state index < -0.39 is 0 Å². The Balaban J connectivity index is 1.28. The Bertz CT molecular complexity index is 1200. The molecule has 0 N–H and O–H groups in total. The average molecular weight is 468 g/mol. The zero-order valence-electron chi connectivity index (χ0n) is 19.6. The zero-order valence-corrected chi connectivity index (χ0v) is 19.6. The fourth-order valence-corrected chi connectivity index (χ4v) is 4.56. The van der Waals surface area contributed by atoms with Crippen LogP contribution in [0.25, 0.3) is 5.82 Å². The summed E-state index contributed by atoms with van der Waals surface area (Å²) in [5.41, 5.74) is 2.39. The van der Waals surface area contributed by atoms with Gasteiger partial charge in [0.05, 0.1) is 5.92 Å². The number of benzene rings is 2. The van der Waals surface area contributed by atoms with Gasteiger partial charge in [-0.3, -0.25) is 4.79 Å². The minimum Gasteiger partial charge on any atom is -0.354 e. The first-order valence-corrected chi connectivity index (χ1v) is 12.1. The molecule has 0 radical (unpaired) electrons. The summed E-state index contributed by atoms with van der Waals surface area (Å²) in [7, 11) is 0. The monoisotopic (exact) mass is 467 g/mol. The molecule has 1 unspecified atom stereocenters. The molecule has 178 valence electrons. The van der Waals surface area contributed by atoms with Gasteiger partial charge in [0.25, 0.3) is 0 Å². The first kappa shape index (κ1) is 22.7. The summed E-state index contributed by atoms with van der Waals surface area (Å²) in [6.07, 6.45) is 5.73. The Hall–Kier alpha value is -4.07. The molecular weight excluding hydrogens is 438 g/mol. The summed E-state index contributed by atoms with van der Waals surface area (Å²) in [5.74, 6) is 1.54. The van der Waals surface area contributed by atoms with Crippen LogP contribution in [0.2, 0.25) is 0 Å². The van der Waals surface area contributed by atoms with E-state index in [1.807, 2.05) is 53.4 Å². The molecule has 2 aromatic carbocycles. The number of anilines is 1. The number of piperidine rings is 1. The molecule has 1 aliphatic heterocycles. The van der Waals surface area contributed by atoms with Gasteiger partial charge in [-0.15, -0.1) is 10.2 Å². The van der Waals surface area contributed by atoms with Crippen LogP contribution in [-0.4, -0.2) is 55.4 Å². The molecule has 1 aliphatic rings. The summed E-state index contributed by atoms with van der Waals surface area (Å²) < 4.78 is 1.58. The SMILES string of the molecule is O=C(C1CCCN(c2ccc(-n3cncn3)nn2)C1)N(CCc1ccccc1)Cc1ccccc1. The Labute approximate surface area is 205 Å². The molecule has 8 heteroatoms. The zero-order chi connectivity index (χ0) is 23.9. The lowest BCUT2D eigenvalue weighted by Gasteiger charge is -2.35. The highest BCUT2D eigenvalue weighted by Crippen LogP contribution is 2.24. The Morgan fingerprint density at radius 2 is 1.63 bits per heavy atom. The van der Waals surface area contributed by atoms with E-state index in [2.05, 4.69) is 49.4 Å². The smallest absolute Gasteiger partial charge is 0.227 e. The highest BCUT2D eigenvalue weighted by atomic mass is 16.2. The topological polar surface area (TPSA) is 80.0 Å². The van der Waals surface area contributed by atoms with Gasteiger partial charge in [-0.25, -0.2) is 9.67 Å². The second kappa shape index (κ2) is 10.9. The third kappa shape index (κ3) is 5.71. The third-order valence-electron chi connectivity index (χ3n) is 6.43. The number of hydrogen-bond donors (Lipinski definition) is 0. The van der Waals surface area contributed by atoms with Gasteiger partial charge in [0.15, 0.2) is 11.6 Å². The van der Waals surface area contributed by atoms with E-state index in [0.29, 0.717) is 25.5 Å². The second-order valence-electron chi connectivity index (χ2n) is 8.86. The maximum absolute atomic E-state index is 13.8. The number of aromatic nitrogens is 5. The number of hydrogen-bond acceptors (Lipinski definition) is 6. The fraction of sp³-hybridized carbons (Fsp3) is 0.296. The lowest BCUT2D eigenvalue weighted by Crippen LogP contribution is -2.45. The molecule has 5 rings (SSSR count). The minimum atomic E-state index is -0.0694. The van der Waals surface area contributed by atoms with Gasteiger partial charge in [0.2, 0.25) is 5.91 Å². The van der Waals surface area contributed by atoms with E-state index in [9.17, 15) is 4.79 Å². The van der Waals surface area contributed by atoms with Crippen molar-refractivity contribution in [3.05, 3.63) is 96.6 Å². The van der Waals surface area contributed by atoms with Crippen molar-refractivity contribution in [2.45, 2.75) is 25.8 Å². The first-order valence-electron chi connectivity index (χ1n) is 12.1. The Morgan fingerprint density at radius 3 is 2.31 bits per heavy atom. The summed E-state index contributed by atoms with van der Waals surface area (Å²) in [4.78, 5) is 21.9. The maximum atomic E-state index is 13.8. The summed E-state index contributed by atoms with van der Waals surface area (Å²) >= 11 is 0. The second-order valence-corrected chi connectivity index (χ2v) is 8.86. The Morgan fingerprint density at radius 1 is 0.914 bits per heavy atom. The number of nitrogens with zero attached hydrogens (tertiary/aromatic N) is 7. The standard InChI is InChI=1S/C27H29N7O/c35-27(33(18-23-10-5-2-6-11-23)17-15-22-8-3-1-4-9-22)24-12-7-16-32(19-24)25-13-14-26(31-30-25)34-21-28-20-29-34/h1-6,8-11,13-14,20-21,24H,7,12,15-19H2. The van der Waals surface area contributed by atoms with Crippen LogP contribution in [0.5, 0.6) is 0 Å². The predicted molar refractivity (Wildman–Crippen MR) is 134 cm³/mol. The number of rotatable bonds is 8. The third-order valence-corrected chi connectivity index (χ3v) is 6.43. The van der Waals surface area contributed by atoms with Crippen molar-refractivity contribution < 1.29 is 4.79 Å². The highest BCUT2D eigenvalue weighted by Gasteiger charge is 2.30. The fourth-order valence-electron chi connectivity index (χ4n) is 4.56. The van der Waals surface area contributed by atoms with Gasteiger partial charge in [0, 0.05) is 26.2 Å². The number of carbonyl (C=O) groups excluding carboxylic acids is 1. The van der Waals surface area contributed by atoms with Crippen molar-refractivity contribution >= 4 is 11.7 Å². The van der Waals surface area contributed by atoms with Crippen molar-refractivity contribution in [3.8, 4) is 5.82 Å². The molecule has 1 fully saturated rings. The summed E-state index contributed by atoms with van der Waals surface area (Å²) in [6.45, 7) is 2.83. The molecule has 3 heterocycles. The van der Waals surface area contributed by atoms with Gasteiger partial charge in [-0.05, 0) is 42.5 Å². The molecule has 35 heavy (non-hydrogen) atoms. The molecule has 1 amide bonds. The van der Waals surface area contributed by atoms with Gasteiger partial charge in [-0.2, -0.15) is 5.10 Å². The van der Waals surface area contributed by atoms with Crippen molar-refractivity contribution in [1.82, 2.24) is 29.9 Å². The largest absolute Gasteiger partial charge is 0.354 e. The van der Waals surface area contributed by atoms with Crippen molar-refractivity contribution in [3.63, 3.8) is 0 Å². The minimum absolute atomic E-state index is 0.0694. The van der Waals surface area contributed by atoms with E-state index in [0.717, 1.165) is 37.2 Å². The number of carbonyl (C=O) groups is 1. The van der Waals surface area contributed by atoms with Gasteiger partial charge >= 0.3 is 0 Å². The molecule has 1 saturated heterocycles. The quantitative estimate of drug-likeness (QED) is 0.394. The van der Waals surface area contributed by atoms with Crippen LogP contribution in [-0.2, 0) is 17.8 Å². The van der Waals surface area contributed by atoms with Gasteiger partial charge in [0.1, 0.15) is 12.7 Å². The molecule has 8 nitrogen and oxygen atoms in total. The predicted octanol–water partition coefficient (Wildman–Crippen LogP) is 3.55. The van der Waals surface area contributed by atoms with Gasteiger partial charge < -0.3 is 9.80 Å². The van der Waals surface area contributed by atoms with Crippen LogP contribution in [0, 0.1) is 5.92 Å². The molecule has 0 bridgehead atoms. The van der Waals surface area contributed by atoms with E-state index in [-0.39, 0.29) is 11.8 Å². The molecule has 0 aliphatic carbocycles. The molecule has 1 atom stereocenters. The van der Waals surface area contributed by atoms with Crippen LogP contribution in [0.4, 0.5) is 5.82 Å². The molecule has 2 aromatic heterocycles. The van der Waals surface area contributed by atoms with Crippen LogP contribution < -0.4 is 4.90 Å². The van der Waals surface area contributed by atoms with E-state index in [1.165, 1.54) is 11.9 Å². The van der Waals surface area contributed by atoms with Crippen molar-refractivity contribution in [1.29, 1.82) is 0 Å². The lowest BCUT2D eigenvalue weighted by atomic mass is 9.96. The molecule has 0 spiro atoms. The van der Waals surface area contributed by atoms with E-state index >= 15 is 0 Å². The van der Waals surface area contributed by atoms with Crippen molar-refractivity contribution in [2.75, 3.05) is 24.5 Å². The highest BCUT2D eigenvalue weighted by molar-refractivity contribution is 5.79. The molecular formula is C27H29N7O. The lowest BCUT2D eigenvalue weighted by molar-refractivity contribution is -0.136. The molecule has 0 saturated carbocycles. The Kier molecular flexibility index (Phi) is 7.07. The van der Waals surface area contributed by atoms with E-state index in [1.54, 1.807) is 11.0 Å². The summed E-state index contributed by atoms with van der Waals surface area (Å²) in [5, 5.41) is 12.8. The maximum Gasteiger partial charge on any atom is 0.227 e. The van der Waals surface area contributed by atoms with Crippen LogP contribution in [0.3, 0.4) is 0 Å². The average Bonchev–Trinajstić information content (AvgIpc) is 3.47. The van der Waals surface area contributed by atoms with Crippen LogP contribution >= 0.6 is 0 Å².